The average molecular weight is 289 g/mol. The van der Waals surface area contributed by atoms with Crippen LogP contribution in [0.25, 0.3) is 0 Å². The van der Waals surface area contributed by atoms with Gasteiger partial charge >= 0.3 is 5.97 Å². The third kappa shape index (κ3) is 5.06. The molecule has 19 heavy (non-hydrogen) atoms. The molecule has 0 spiro atoms. The Hall–Kier alpha value is -1.30. The average Bonchev–Trinajstić information content (AvgIpc) is 2.39. The zero-order valence-electron chi connectivity index (χ0n) is 10.8. The van der Waals surface area contributed by atoms with E-state index in [0.717, 1.165) is 5.56 Å². The molecule has 0 aliphatic rings. The maximum Gasteiger partial charge on any atom is 0.347 e. The number of aliphatic hydroxyl groups excluding tert-OH is 2. The van der Waals surface area contributed by atoms with E-state index in [-0.39, 0.29) is 6.61 Å². The molecule has 0 heterocycles. The van der Waals surface area contributed by atoms with E-state index >= 15 is 0 Å². The van der Waals surface area contributed by atoms with E-state index in [2.05, 4.69) is 0 Å². The van der Waals surface area contributed by atoms with Gasteiger partial charge in [0.2, 0.25) is 0 Å². The second-order valence-corrected chi connectivity index (χ2v) is 4.57. The highest BCUT2D eigenvalue weighted by molar-refractivity contribution is 6.30. The van der Waals surface area contributed by atoms with Crippen molar-refractivity contribution in [1.82, 2.24) is 0 Å². The van der Waals surface area contributed by atoms with Crippen LogP contribution in [0.1, 0.15) is 12.5 Å². The van der Waals surface area contributed by atoms with E-state index in [9.17, 15) is 4.79 Å². The van der Waals surface area contributed by atoms with Gasteiger partial charge < -0.3 is 19.7 Å². The molecule has 1 aromatic rings. The molecule has 0 aromatic heterocycles. The number of carbonyl (C=O) groups is 1. The molecular formula is C13H17ClO5. The third-order valence-corrected chi connectivity index (χ3v) is 2.65. The molecule has 0 fully saturated rings. The Balaban J connectivity index is 2.56. The Labute approximate surface area is 116 Å². The molecule has 0 saturated heterocycles. The first-order valence-corrected chi connectivity index (χ1v) is 6.20. The van der Waals surface area contributed by atoms with Crippen LogP contribution < -0.4 is 4.74 Å². The largest absolute Gasteiger partial charge is 0.479 e. The minimum atomic E-state index is -1.08. The number of benzene rings is 1. The maximum absolute atomic E-state index is 11.6. The quantitative estimate of drug-likeness (QED) is 0.772. The lowest BCUT2D eigenvalue weighted by atomic mass is 10.2. The van der Waals surface area contributed by atoms with Gasteiger partial charge in [0.15, 0.2) is 6.10 Å². The lowest BCUT2D eigenvalue weighted by molar-refractivity contribution is -0.154. The molecule has 0 saturated carbocycles. The number of halogens is 1. The van der Waals surface area contributed by atoms with Gasteiger partial charge in [-0.15, -0.1) is 0 Å². The van der Waals surface area contributed by atoms with Crippen molar-refractivity contribution in [3.8, 4) is 5.75 Å². The van der Waals surface area contributed by atoms with Crippen molar-refractivity contribution in [1.29, 1.82) is 0 Å². The first-order chi connectivity index (χ1) is 8.93. The van der Waals surface area contributed by atoms with Crippen LogP contribution in [0.2, 0.25) is 5.02 Å². The minimum absolute atomic E-state index is 0.266. The lowest BCUT2D eigenvalue weighted by Gasteiger charge is -2.16. The van der Waals surface area contributed by atoms with Gasteiger partial charge in [0, 0.05) is 5.02 Å². The van der Waals surface area contributed by atoms with E-state index < -0.39 is 24.8 Å². The second kappa shape index (κ2) is 7.33. The summed E-state index contributed by atoms with van der Waals surface area (Å²) in [6, 6.07) is 5.12. The van der Waals surface area contributed by atoms with Gasteiger partial charge in [-0.05, 0) is 31.5 Å². The van der Waals surface area contributed by atoms with E-state index in [4.69, 9.17) is 31.3 Å². The van der Waals surface area contributed by atoms with Gasteiger partial charge in [0.1, 0.15) is 18.5 Å². The van der Waals surface area contributed by atoms with E-state index in [1.165, 1.54) is 6.92 Å². The summed E-state index contributed by atoms with van der Waals surface area (Å²) >= 11 is 5.84. The first-order valence-electron chi connectivity index (χ1n) is 5.82. The molecule has 6 heteroatoms. The highest BCUT2D eigenvalue weighted by Gasteiger charge is 2.18. The van der Waals surface area contributed by atoms with Gasteiger partial charge in [-0.2, -0.15) is 0 Å². The summed E-state index contributed by atoms with van der Waals surface area (Å²) < 4.78 is 10.2. The van der Waals surface area contributed by atoms with E-state index in [0.29, 0.717) is 10.8 Å². The molecule has 0 aliphatic heterocycles. The topological polar surface area (TPSA) is 76.0 Å². The normalized spacial score (nSPS) is 13.7. The molecule has 2 unspecified atom stereocenters. The Kier molecular flexibility index (Phi) is 6.08. The molecule has 5 nitrogen and oxygen atoms in total. The molecule has 2 N–H and O–H groups in total. The maximum atomic E-state index is 11.6. The van der Waals surface area contributed by atoms with Crippen molar-refractivity contribution in [3.05, 3.63) is 28.8 Å². The molecule has 0 bridgehead atoms. The standard InChI is InChI=1S/C13H17ClO5/c1-8-3-4-10(14)5-12(8)19-9(2)13(17)18-7-11(16)6-15/h3-5,9,11,15-16H,6-7H2,1-2H3. The second-order valence-electron chi connectivity index (χ2n) is 4.14. The van der Waals surface area contributed by atoms with Crippen LogP contribution in [0, 0.1) is 6.92 Å². The predicted octanol–water partition coefficient (Wildman–Crippen LogP) is 1.31. The highest BCUT2D eigenvalue weighted by Crippen LogP contribution is 2.23. The zero-order valence-corrected chi connectivity index (χ0v) is 11.6. The fourth-order valence-electron chi connectivity index (χ4n) is 1.29. The molecule has 0 radical (unpaired) electrons. The van der Waals surface area contributed by atoms with Gasteiger partial charge in [-0.1, -0.05) is 17.7 Å². The van der Waals surface area contributed by atoms with Crippen LogP contribution in [-0.4, -0.2) is 41.6 Å². The molecular weight excluding hydrogens is 272 g/mol. The summed E-state index contributed by atoms with van der Waals surface area (Å²) in [6.45, 7) is 2.64. The third-order valence-electron chi connectivity index (χ3n) is 2.41. The van der Waals surface area contributed by atoms with Gasteiger partial charge in [0.25, 0.3) is 0 Å². The van der Waals surface area contributed by atoms with Crippen molar-refractivity contribution in [3.63, 3.8) is 0 Å². The Morgan fingerprint density at radius 1 is 1.47 bits per heavy atom. The van der Waals surface area contributed by atoms with Crippen LogP contribution >= 0.6 is 11.6 Å². The minimum Gasteiger partial charge on any atom is -0.479 e. The number of aryl methyl sites for hydroxylation is 1. The smallest absolute Gasteiger partial charge is 0.347 e. The number of hydrogen-bond acceptors (Lipinski definition) is 5. The molecule has 0 amide bonds. The van der Waals surface area contributed by atoms with Crippen LogP contribution in [0.5, 0.6) is 5.75 Å². The molecule has 1 aromatic carbocycles. The number of hydrogen-bond donors (Lipinski definition) is 2. The van der Waals surface area contributed by atoms with E-state index in [1.54, 1.807) is 18.2 Å². The summed E-state index contributed by atoms with van der Waals surface area (Å²) in [6.07, 6.45) is -1.91. The number of aliphatic hydroxyl groups is 2. The molecule has 106 valence electrons. The fraction of sp³-hybridized carbons (Fsp3) is 0.462. The van der Waals surface area contributed by atoms with Gasteiger partial charge in [-0.3, -0.25) is 0 Å². The Bertz CT molecular complexity index is 435. The molecule has 2 atom stereocenters. The lowest BCUT2D eigenvalue weighted by Crippen LogP contribution is -2.30. The monoisotopic (exact) mass is 288 g/mol. The summed E-state index contributed by atoms with van der Waals surface area (Å²) in [5, 5.41) is 18.2. The van der Waals surface area contributed by atoms with Crippen LogP contribution in [0.15, 0.2) is 18.2 Å². The number of carbonyl (C=O) groups excluding carboxylic acids is 1. The van der Waals surface area contributed by atoms with Crippen molar-refractivity contribution < 1.29 is 24.5 Å². The fourth-order valence-corrected chi connectivity index (χ4v) is 1.45. The highest BCUT2D eigenvalue weighted by atomic mass is 35.5. The van der Waals surface area contributed by atoms with Crippen molar-refractivity contribution in [2.24, 2.45) is 0 Å². The predicted molar refractivity (Wildman–Crippen MR) is 70.3 cm³/mol. The number of esters is 1. The van der Waals surface area contributed by atoms with Gasteiger partial charge in [-0.25, -0.2) is 4.79 Å². The van der Waals surface area contributed by atoms with Gasteiger partial charge in [0.05, 0.1) is 6.61 Å². The van der Waals surface area contributed by atoms with Crippen molar-refractivity contribution >= 4 is 17.6 Å². The van der Waals surface area contributed by atoms with Crippen molar-refractivity contribution in [2.75, 3.05) is 13.2 Å². The Morgan fingerprint density at radius 3 is 2.79 bits per heavy atom. The number of ether oxygens (including phenoxy) is 2. The summed E-state index contributed by atoms with van der Waals surface area (Å²) in [5.41, 5.74) is 0.847. The molecule has 1 rings (SSSR count). The zero-order chi connectivity index (χ0) is 14.4. The Morgan fingerprint density at radius 2 is 2.16 bits per heavy atom. The van der Waals surface area contributed by atoms with E-state index in [1.807, 2.05) is 6.92 Å². The summed E-state index contributed by atoms with van der Waals surface area (Å²) in [4.78, 5) is 11.6. The summed E-state index contributed by atoms with van der Waals surface area (Å²) in [7, 11) is 0. The van der Waals surface area contributed by atoms with Crippen molar-refractivity contribution in [2.45, 2.75) is 26.1 Å². The van der Waals surface area contributed by atoms with Crippen LogP contribution in [-0.2, 0) is 9.53 Å². The first kappa shape index (κ1) is 15.8. The van der Waals surface area contributed by atoms with Crippen LogP contribution in [0.4, 0.5) is 0 Å². The van der Waals surface area contributed by atoms with Crippen LogP contribution in [0.3, 0.4) is 0 Å². The molecule has 0 aliphatic carbocycles. The summed E-state index contributed by atoms with van der Waals surface area (Å²) in [5.74, 6) is -0.119. The number of rotatable bonds is 6. The SMILES string of the molecule is Cc1ccc(Cl)cc1OC(C)C(=O)OCC(O)CO.